The van der Waals surface area contributed by atoms with Crippen LogP contribution >= 0.6 is 11.5 Å². The summed E-state index contributed by atoms with van der Waals surface area (Å²) >= 11 is 1.54. The summed E-state index contributed by atoms with van der Waals surface area (Å²) in [4.78, 5) is 9.56. The van der Waals surface area contributed by atoms with Crippen LogP contribution in [0.2, 0.25) is 0 Å². The molecule has 0 aliphatic rings. The van der Waals surface area contributed by atoms with Crippen LogP contribution in [0, 0.1) is 0 Å². The Hall–Kier alpha value is -1.30. The Balaban J connectivity index is 2.13. The van der Waals surface area contributed by atoms with Crippen LogP contribution in [0.5, 0.6) is 0 Å². The Morgan fingerprint density at radius 1 is 0.778 bits per heavy atom. The van der Waals surface area contributed by atoms with Gasteiger partial charge in [0.2, 0.25) is 5.89 Å². The SMILES string of the molecule is CCC(C)(C)c1nsc(C(C)(C)CCC(C)(C)c2noc(C(C)(C)C)n2)n1. The van der Waals surface area contributed by atoms with Crippen LogP contribution in [-0.2, 0) is 21.7 Å². The van der Waals surface area contributed by atoms with Gasteiger partial charge in [-0.2, -0.15) is 9.36 Å². The zero-order chi connectivity index (χ0) is 20.7. The van der Waals surface area contributed by atoms with Crippen LogP contribution in [-0.4, -0.2) is 19.5 Å². The fourth-order valence-corrected chi connectivity index (χ4v) is 3.52. The van der Waals surface area contributed by atoms with E-state index in [2.05, 4.69) is 83.8 Å². The van der Waals surface area contributed by atoms with Crippen molar-refractivity contribution >= 4 is 11.5 Å². The molecule has 152 valence electrons. The molecule has 0 aromatic carbocycles. The first-order valence-electron chi connectivity index (χ1n) is 9.88. The largest absolute Gasteiger partial charge is 0.339 e. The van der Waals surface area contributed by atoms with Crippen molar-refractivity contribution in [1.82, 2.24) is 19.5 Å². The molecule has 0 atom stereocenters. The van der Waals surface area contributed by atoms with E-state index in [-0.39, 0.29) is 21.7 Å². The van der Waals surface area contributed by atoms with Gasteiger partial charge in [-0.15, -0.1) is 0 Å². The van der Waals surface area contributed by atoms with E-state index in [1.807, 2.05) is 0 Å². The van der Waals surface area contributed by atoms with E-state index < -0.39 is 0 Å². The highest BCUT2D eigenvalue weighted by Gasteiger charge is 2.34. The number of rotatable bonds is 7. The molecule has 27 heavy (non-hydrogen) atoms. The molecule has 0 bridgehead atoms. The molecule has 0 aliphatic carbocycles. The zero-order valence-electron chi connectivity index (χ0n) is 18.7. The van der Waals surface area contributed by atoms with Crippen molar-refractivity contribution in [2.24, 2.45) is 0 Å². The molecule has 0 saturated carbocycles. The minimum atomic E-state index is -0.152. The van der Waals surface area contributed by atoms with Crippen molar-refractivity contribution in [2.45, 2.75) is 110 Å². The summed E-state index contributed by atoms with van der Waals surface area (Å²) in [6.07, 6.45) is 2.97. The van der Waals surface area contributed by atoms with Crippen molar-refractivity contribution in [2.75, 3.05) is 0 Å². The molecular formula is C21H36N4OS. The lowest BCUT2D eigenvalue weighted by Crippen LogP contribution is -2.26. The molecule has 2 rings (SSSR count). The smallest absolute Gasteiger partial charge is 0.232 e. The van der Waals surface area contributed by atoms with Gasteiger partial charge >= 0.3 is 0 Å². The summed E-state index contributed by atoms with van der Waals surface area (Å²) in [5, 5.41) is 5.37. The van der Waals surface area contributed by atoms with Crippen LogP contribution in [0.4, 0.5) is 0 Å². The fraction of sp³-hybridized carbons (Fsp3) is 0.810. The summed E-state index contributed by atoms with van der Waals surface area (Å²) in [5.41, 5.74) is -0.290. The molecule has 0 spiro atoms. The third kappa shape index (κ3) is 4.95. The molecular weight excluding hydrogens is 356 g/mol. The molecule has 0 saturated heterocycles. The Morgan fingerprint density at radius 3 is 1.89 bits per heavy atom. The number of aromatic nitrogens is 4. The maximum atomic E-state index is 5.50. The molecule has 6 heteroatoms. The summed E-state index contributed by atoms with van der Waals surface area (Å²) < 4.78 is 10.2. The topological polar surface area (TPSA) is 64.7 Å². The van der Waals surface area contributed by atoms with Crippen molar-refractivity contribution in [3.63, 3.8) is 0 Å². The van der Waals surface area contributed by atoms with Gasteiger partial charge in [0.1, 0.15) is 10.8 Å². The minimum Gasteiger partial charge on any atom is -0.339 e. The fourth-order valence-electron chi connectivity index (χ4n) is 2.58. The average molecular weight is 393 g/mol. The first-order chi connectivity index (χ1) is 12.2. The average Bonchev–Trinajstić information content (AvgIpc) is 3.22. The number of nitrogens with zero attached hydrogens (tertiary/aromatic N) is 4. The second kappa shape index (κ2) is 7.26. The van der Waals surface area contributed by atoms with Gasteiger partial charge in [0.15, 0.2) is 5.82 Å². The second-order valence-corrected chi connectivity index (χ2v) is 11.4. The van der Waals surface area contributed by atoms with Crippen LogP contribution in [0.3, 0.4) is 0 Å². The Bertz CT molecular complexity index is 765. The molecule has 0 unspecified atom stereocenters. The first kappa shape index (κ1) is 22.0. The number of hydrogen-bond acceptors (Lipinski definition) is 6. The summed E-state index contributed by atoms with van der Waals surface area (Å²) in [6, 6.07) is 0. The predicted octanol–water partition coefficient (Wildman–Crippen LogP) is 5.94. The van der Waals surface area contributed by atoms with Gasteiger partial charge in [-0.1, -0.05) is 74.4 Å². The van der Waals surface area contributed by atoms with Crippen molar-refractivity contribution in [1.29, 1.82) is 0 Å². The molecule has 0 amide bonds. The minimum absolute atomic E-state index is 0.0259. The van der Waals surface area contributed by atoms with E-state index in [9.17, 15) is 0 Å². The molecule has 0 fully saturated rings. The van der Waals surface area contributed by atoms with Crippen LogP contribution in [0.15, 0.2) is 4.52 Å². The van der Waals surface area contributed by atoms with Gasteiger partial charge in [-0.05, 0) is 30.8 Å². The van der Waals surface area contributed by atoms with Crippen molar-refractivity contribution in [3.05, 3.63) is 22.5 Å². The highest BCUT2D eigenvalue weighted by molar-refractivity contribution is 7.05. The maximum Gasteiger partial charge on any atom is 0.232 e. The molecule has 5 nitrogen and oxygen atoms in total. The Labute approximate surface area is 168 Å². The van der Waals surface area contributed by atoms with E-state index in [1.165, 1.54) is 0 Å². The van der Waals surface area contributed by atoms with Gasteiger partial charge in [0.25, 0.3) is 0 Å². The van der Waals surface area contributed by atoms with Gasteiger partial charge < -0.3 is 4.52 Å². The third-order valence-corrected chi connectivity index (χ3v) is 6.62. The summed E-state index contributed by atoms with van der Waals surface area (Å²) in [7, 11) is 0. The zero-order valence-corrected chi connectivity index (χ0v) is 19.5. The molecule has 0 aliphatic heterocycles. The lowest BCUT2D eigenvalue weighted by molar-refractivity contribution is 0.306. The molecule has 2 aromatic heterocycles. The van der Waals surface area contributed by atoms with E-state index in [1.54, 1.807) is 11.5 Å². The molecule has 0 radical (unpaired) electrons. The van der Waals surface area contributed by atoms with E-state index in [4.69, 9.17) is 9.51 Å². The lowest BCUT2D eigenvalue weighted by atomic mass is 9.78. The Kier molecular flexibility index (Phi) is 5.92. The van der Waals surface area contributed by atoms with E-state index in [0.29, 0.717) is 5.89 Å². The monoisotopic (exact) mass is 392 g/mol. The lowest BCUT2D eigenvalue weighted by Gasteiger charge is -2.27. The quantitative estimate of drug-likeness (QED) is 0.583. The second-order valence-electron chi connectivity index (χ2n) is 10.6. The first-order valence-corrected chi connectivity index (χ1v) is 10.7. The predicted molar refractivity (Wildman–Crippen MR) is 112 cm³/mol. The van der Waals surface area contributed by atoms with Gasteiger partial charge in [0, 0.05) is 21.7 Å². The summed E-state index contributed by atoms with van der Waals surface area (Å²) in [6.45, 7) is 21.7. The normalized spacial score (nSPS) is 14.0. The van der Waals surface area contributed by atoms with Gasteiger partial charge in [-0.3, -0.25) is 0 Å². The van der Waals surface area contributed by atoms with Gasteiger partial charge in [-0.25, -0.2) is 4.98 Å². The third-order valence-electron chi connectivity index (χ3n) is 5.54. The highest BCUT2D eigenvalue weighted by atomic mass is 32.1. The van der Waals surface area contributed by atoms with Gasteiger partial charge in [0.05, 0.1) is 0 Å². The van der Waals surface area contributed by atoms with Crippen molar-refractivity contribution < 1.29 is 4.52 Å². The van der Waals surface area contributed by atoms with E-state index >= 15 is 0 Å². The molecule has 2 aromatic rings. The van der Waals surface area contributed by atoms with Crippen molar-refractivity contribution in [3.8, 4) is 0 Å². The Morgan fingerprint density at radius 2 is 1.37 bits per heavy atom. The number of hydrogen-bond donors (Lipinski definition) is 0. The van der Waals surface area contributed by atoms with Crippen LogP contribution in [0.25, 0.3) is 0 Å². The van der Waals surface area contributed by atoms with Crippen LogP contribution < -0.4 is 0 Å². The highest BCUT2D eigenvalue weighted by Crippen LogP contribution is 2.37. The molecule has 0 N–H and O–H groups in total. The molecule has 2 heterocycles. The summed E-state index contributed by atoms with van der Waals surface area (Å²) in [5.74, 6) is 2.44. The van der Waals surface area contributed by atoms with E-state index in [0.717, 1.165) is 35.9 Å². The standard InChI is InChI=1S/C21H36N4OS/c1-11-19(5,6)15-23-17(27-25-15)21(9,10)13-12-20(7,8)14-22-16(26-24-14)18(2,3)4/h11-13H2,1-10H3. The maximum absolute atomic E-state index is 5.50. The van der Waals surface area contributed by atoms with Crippen LogP contribution in [0.1, 0.15) is 111 Å².